The lowest BCUT2D eigenvalue weighted by atomic mass is 9.97. The molecule has 0 bridgehead atoms. The van der Waals surface area contributed by atoms with Crippen LogP contribution in [0.25, 0.3) is 10.9 Å². The van der Waals surface area contributed by atoms with E-state index in [9.17, 15) is 4.79 Å². The van der Waals surface area contributed by atoms with Crippen molar-refractivity contribution in [2.24, 2.45) is 0 Å². The minimum Gasteiger partial charge on any atom is -0.384 e. The quantitative estimate of drug-likeness (QED) is 0.670. The molecule has 0 saturated carbocycles. The molecule has 8 nitrogen and oxygen atoms in total. The molecule has 1 aromatic carbocycles. The van der Waals surface area contributed by atoms with Gasteiger partial charge in [0.2, 0.25) is 5.95 Å². The smallest absolute Gasteiger partial charge is 0.253 e. The summed E-state index contributed by atoms with van der Waals surface area (Å²) >= 11 is 0. The van der Waals surface area contributed by atoms with Crippen molar-refractivity contribution >= 4 is 29.3 Å². The number of pyridine rings is 1. The van der Waals surface area contributed by atoms with E-state index in [-0.39, 0.29) is 5.56 Å². The second-order valence-electron chi connectivity index (χ2n) is 7.99. The molecule has 8 heteroatoms. The summed E-state index contributed by atoms with van der Waals surface area (Å²) in [5.74, 6) is 0.809. The molecule has 1 saturated heterocycles. The molecule has 2 N–H and O–H groups in total. The van der Waals surface area contributed by atoms with Gasteiger partial charge in [-0.25, -0.2) is 9.97 Å². The molecule has 5 rings (SSSR count). The van der Waals surface area contributed by atoms with Crippen LogP contribution in [-0.4, -0.2) is 59.4 Å². The Labute approximate surface area is 181 Å². The van der Waals surface area contributed by atoms with Gasteiger partial charge in [0.15, 0.2) is 0 Å². The highest BCUT2D eigenvalue weighted by Crippen LogP contribution is 2.31. The molecular weight excluding hydrogens is 392 g/mol. The Morgan fingerprint density at radius 2 is 1.84 bits per heavy atom. The number of carbonyl (C=O) groups excluding carboxylic acids is 1. The highest BCUT2D eigenvalue weighted by atomic mass is 16.1. The van der Waals surface area contributed by atoms with Crippen LogP contribution in [-0.2, 0) is 17.8 Å². The summed E-state index contributed by atoms with van der Waals surface area (Å²) in [6.07, 6.45) is 5.45. The van der Waals surface area contributed by atoms with Gasteiger partial charge in [-0.1, -0.05) is 6.07 Å². The number of fused-ring (bicyclic) bond motifs is 3. The van der Waals surface area contributed by atoms with E-state index in [1.165, 1.54) is 11.1 Å². The maximum Gasteiger partial charge on any atom is 0.253 e. The van der Waals surface area contributed by atoms with Crippen LogP contribution in [0.15, 0.2) is 35.4 Å². The van der Waals surface area contributed by atoms with Crippen LogP contribution in [0.1, 0.15) is 23.1 Å². The summed E-state index contributed by atoms with van der Waals surface area (Å²) in [5.41, 5.74) is 5.39. The van der Waals surface area contributed by atoms with E-state index < -0.39 is 0 Å². The van der Waals surface area contributed by atoms with E-state index in [0.29, 0.717) is 0 Å². The molecule has 3 aromatic rings. The van der Waals surface area contributed by atoms with Gasteiger partial charge in [-0.2, -0.15) is 0 Å². The molecule has 2 aromatic heterocycles. The van der Waals surface area contributed by atoms with Crippen molar-refractivity contribution < 1.29 is 4.79 Å². The second kappa shape index (κ2) is 9.26. The van der Waals surface area contributed by atoms with E-state index in [4.69, 9.17) is 4.79 Å². The Hall–Kier alpha value is -3.26. The Morgan fingerprint density at radius 1 is 1.10 bits per heavy atom. The van der Waals surface area contributed by atoms with Gasteiger partial charge in [-0.3, -0.25) is 9.69 Å². The van der Waals surface area contributed by atoms with E-state index in [0.717, 1.165) is 80.2 Å². The summed E-state index contributed by atoms with van der Waals surface area (Å²) in [5, 5.41) is 4.62. The fourth-order valence-electron chi connectivity index (χ4n) is 4.58. The minimum atomic E-state index is 0.0488. The third-order valence-electron chi connectivity index (χ3n) is 5.99. The zero-order chi connectivity index (χ0) is 21.8. The third-order valence-corrected chi connectivity index (χ3v) is 5.99. The Kier molecular flexibility index (Phi) is 6.27. The number of benzene rings is 1. The van der Waals surface area contributed by atoms with E-state index in [1.54, 1.807) is 12.4 Å². The van der Waals surface area contributed by atoms with Gasteiger partial charge >= 0.3 is 0 Å². The number of nitrogens with zero attached hydrogens (tertiary/aromatic N) is 4. The van der Waals surface area contributed by atoms with Crippen LogP contribution in [0, 0.1) is 6.92 Å². The zero-order valence-electron chi connectivity index (χ0n) is 17.9. The Morgan fingerprint density at radius 3 is 2.58 bits per heavy atom. The van der Waals surface area contributed by atoms with Crippen LogP contribution in [0.3, 0.4) is 0 Å². The highest BCUT2D eigenvalue weighted by molar-refractivity contribution is 5.96. The zero-order valence-corrected chi connectivity index (χ0v) is 17.9. The van der Waals surface area contributed by atoms with Crippen molar-refractivity contribution in [3.05, 3.63) is 57.6 Å². The maximum absolute atomic E-state index is 12.5. The number of anilines is 2. The number of hydrogen-bond donors (Lipinski definition) is 2. The summed E-state index contributed by atoms with van der Waals surface area (Å²) in [4.78, 5) is 37.1. The van der Waals surface area contributed by atoms with Gasteiger partial charge < -0.3 is 20.0 Å². The summed E-state index contributed by atoms with van der Waals surface area (Å²) < 4.78 is 0. The third kappa shape index (κ3) is 4.29. The number of aromatic amines is 1. The number of aromatic nitrogens is 3. The number of hydrogen-bond acceptors (Lipinski definition) is 7. The van der Waals surface area contributed by atoms with Crippen LogP contribution in [0.5, 0.6) is 0 Å². The number of H-pyrrole nitrogens is 1. The summed E-state index contributed by atoms with van der Waals surface area (Å²) in [6.45, 7) is 9.74. The van der Waals surface area contributed by atoms with Crippen molar-refractivity contribution in [2.45, 2.75) is 26.3 Å². The molecule has 0 aliphatic carbocycles. The lowest BCUT2D eigenvalue weighted by Crippen LogP contribution is -2.46. The maximum atomic E-state index is 12.5. The van der Waals surface area contributed by atoms with Crippen LogP contribution >= 0.6 is 0 Å². The molecule has 0 spiro atoms. The fraction of sp³-hybridized carbons (Fsp3) is 0.391. The SMILES string of the molecule is C=O.Cc1cc(CN2CCN(c3ncccn3)CC2)cc2[nH]c(=O)c3c(c12)NCCC3. The normalized spacial score (nSPS) is 16.2. The second-order valence-corrected chi connectivity index (χ2v) is 7.99. The molecule has 2 aliphatic rings. The standard InChI is InChI=1S/C22H26N6O.CH2O/c1-15-12-16(13-18-19(15)20-17(21(29)26-18)4-2-5-23-20)14-27-8-10-28(11-9-27)22-24-6-3-7-25-22;1-2/h3,6-7,12-13,23H,2,4-5,8-11,14H2,1H3,(H,26,29);1H2. The van der Waals surface area contributed by atoms with Crippen molar-refractivity contribution in [1.82, 2.24) is 19.9 Å². The lowest BCUT2D eigenvalue weighted by Gasteiger charge is -2.34. The molecule has 4 heterocycles. The molecular formula is C23H28N6O2. The minimum absolute atomic E-state index is 0.0488. The molecule has 1 fully saturated rings. The van der Waals surface area contributed by atoms with Crippen LogP contribution in [0.4, 0.5) is 11.6 Å². The first kappa shape index (κ1) is 21.0. The average molecular weight is 421 g/mol. The van der Waals surface area contributed by atoms with Crippen LogP contribution in [0.2, 0.25) is 0 Å². The number of nitrogens with one attached hydrogen (secondary N) is 2. The number of rotatable bonds is 3. The van der Waals surface area contributed by atoms with Crippen molar-refractivity contribution in [1.29, 1.82) is 0 Å². The van der Waals surface area contributed by atoms with Gasteiger partial charge in [0.1, 0.15) is 6.79 Å². The van der Waals surface area contributed by atoms with E-state index in [1.807, 2.05) is 12.9 Å². The molecule has 2 aliphatic heterocycles. The predicted octanol–water partition coefficient (Wildman–Crippen LogP) is 2.12. The predicted molar refractivity (Wildman–Crippen MR) is 123 cm³/mol. The molecule has 162 valence electrons. The van der Waals surface area contributed by atoms with Crippen molar-refractivity contribution in [3.8, 4) is 0 Å². The Bertz CT molecular complexity index is 1110. The molecule has 0 unspecified atom stereocenters. The first-order valence-electron chi connectivity index (χ1n) is 10.6. The fourth-order valence-corrected chi connectivity index (χ4v) is 4.58. The van der Waals surface area contributed by atoms with E-state index in [2.05, 4.69) is 49.1 Å². The largest absolute Gasteiger partial charge is 0.384 e. The van der Waals surface area contributed by atoms with Crippen LogP contribution < -0.4 is 15.8 Å². The molecule has 0 atom stereocenters. The monoisotopic (exact) mass is 420 g/mol. The van der Waals surface area contributed by atoms with Gasteiger partial charge in [0, 0.05) is 62.6 Å². The first-order chi connectivity index (χ1) is 15.2. The Balaban J connectivity index is 0.00000112. The average Bonchev–Trinajstić information content (AvgIpc) is 2.81. The number of aryl methyl sites for hydroxylation is 1. The summed E-state index contributed by atoms with van der Waals surface area (Å²) in [6, 6.07) is 6.26. The van der Waals surface area contributed by atoms with Gasteiger partial charge in [0.05, 0.1) is 11.2 Å². The molecule has 0 radical (unpaired) electrons. The molecule has 0 amide bonds. The highest BCUT2D eigenvalue weighted by Gasteiger charge is 2.21. The lowest BCUT2D eigenvalue weighted by molar-refractivity contribution is -0.0979. The van der Waals surface area contributed by atoms with Gasteiger partial charge in [-0.15, -0.1) is 0 Å². The number of carbonyl (C=O) groups is 1. The van der Waals surface area contributed by atoms with Gasteiger partial charge in [-0.05, 0) is 43.0 Å². The number of piperazine rings is 1. The van der Waals surface area contributed by atoms with Gasteiger partial charge in [0.25, 0.3) is 5.56 Å². The molecule has 31 heavy (non-hydrogen) atoms. The first-order valence-corrected chi connectivity index (χ1v) is 10.6. The van der Waals surface area contributed by atoms with Crippen molar-refractivity contribution in [2.75, 3.05) is 42.9 Å². The van der Waals surface area contributed by atoms with E-state index >= 15 is 0 Å². The summed E-state index contributed by atoms with van der Waals surface area (Å²) in [7, 11) is 0. The van der Waals surface area contributed by atoms with Crippen molar-refractivity contribution in [3.63, 3.8) is 0 Å². The topological polar surface area (TPSA) is 94.2 Å².